The van der Waals surface area contributed by atoms with Crippen molar-refractivity contribution in [2.45, 2.75) is 20.5 Å². The summed E-state index contributed by atoms with van der Waals surface area (Å²) in [4.78, 5) is 13.0. The van der Waals surface area contributed by atoms with Crippen LogP contribution in [0, 0.1) is 13.8 Å². The van der Waals surface area contributed by atoms with Crippen molar-refractivity contribution in [1.82, 2.24) is 0 Å². The predicted octanol–water partition coefficient (Wildman–Crippen LogP) is 5.52. The summed E-state index contributed by atoms with van der Waals surface area (Å²) in [6.07, 6.45) is 1.69. The Bertz CT molecular complexity index is 1180. The number of fused-ring (bicyclic) bond motifs is 1. The number of methoxy groups -OCH3 is 2. The fourth-order valence-corrected chi connectivity index (χ4v) is 3.57. The highest BCUT2D eigenvalue weighted by Crippen LogP contribution is 2.38. The molecule has 158 valence electrons. The number of aryl methyl sites for hydroxylation is 2. The van der Waals surface area contributed by atoms with Gasteiger partial charge in [0.15, 0.2) is 5.76 Å². The number of benzene rings is 3. The van der Waals surface area contributed by atoms with Crippen LogP contribution < -0.4 is 18.9 Å². The zero-order chi connectivity index (χ0) is 22.0. The van der Waals surface area contributed by atoms with Crippen LogP contribution in [0.15, 0.2) is 60.4 Å². The molecule has 0 aliphatic carbocycles. The van der Waals surface area contributed by atoms with Crippen LogP contribution in [0.1, 0.15) is 32.6 Å². The molecule has 5 heteroatoms. The molecular formula is C26H24O5. The van der Waals surface area contributed by atoms with Gasteiger partial charge in [-0.25, -0.2) is 0 Å². The Balaban J connectivity index is 1.60. The molecule has 0 N–H and O–H groups in total. The molecule has 1 heterocycles. The molecule has 3 aromatic carbocycles. The average molecular weight is 416 g/mol. The van der Waals surface area contributed by atoms with Gasteiger partial charge in [-0.2, -0.15) is 0 Å². The predicted molar refractivity (Wildman–Crippen MR) is 119 cm³/mol. The molecule has 5 nitrogen and oxygen atoms in total. The van der Waals surface area contributed by atoms with E-state index in [9.17, 15) is 4.79 Å². The van der Waals surface area contributed by atoms with Gasteiger partial charge in [-0.15, -0.1) is 0 Å². The summed E-state index contributed by atoms with van der Waals surface area (Å²) in [5, 5.41) is 0. The number of rotatable bonds is 6. The Kier molecular flexibility index (Phi) is 5.67. The Morgan fingerprint density at radius 2 is 1.71 bits per heavy atom. The standard InChI is InChI=1S/C26H24O5/c1-16-7-5-6-8-19(16)15-30-21-11-17(2)25-23(14-21)31-24(26(25)27)12-18-9-10-20(28-3)13-22(18)29-4/h5-14H,15H2,1-4H3/b24-12-. The summed E-state index contributed by atoms with van der Waals surface area (Å²) in [5.74, 6) is 2.53. The fourth-order valence-electron chi connectivity index (χ4n) is 3.57. The molecule has 0 amide bonds. The zero-order valence-electron chi connectivity index (χ0n) is 18.0. The highest BCUT2D eigenvalue weighted by molar-refractivity contribution is 6.15. The first-order valence-corrected chi connectivity index (χ1v) is 9.98. The van der Waals surface area contributed by atoms with Crippen molar-refractivity contribution >= 4 is 11.9 Å². The number of Topliss-reactive ketones (excluding diaryl/α,β-unsaturated/α-hetero) is 1. The third kappa shape index (κ3) is 4.12. The maximum atomic E-state index is 13.0. The van der Waals surface area contributed by atoms with Gasteiger partial charge in [0.05, 0.1) is 19.8 Å². The summed E-state index contributed by atoms with van der Waals surface area (Å²) in [5.41, 5.74) is 4.39. The molecule has 0 saturated heterocycles. The van der Waals surface area contributed by atoms with Crippen molar-refractivity contribution in [1.29, 1.82) is 0 Å². The van der Waals surface area contributed by atoms with E-state index in [1.165, 1.54) is 5.56 Å². The van der Waals surface area contributed by atoms with E-state index in [-0.39, 0.29) is 11.5 Å². The van der Waals surface area contributed by atoms with E-state index in [2.05, 4.69) is 13.0 Å². The lowest BCUT2D eigenvalue weighted by atomic mass is 10.0. The summed E-state index contributed by atoms with van der Waals surface area (Å²) >= 11 is 0. The Hall–Kier alpha value is -3.73. The van der Waals surface area contributed by atoms with Gasteiger partial charge >= 0.3 is 0 Å². The van der Waals surface area contributed by atoms with Crippen molar-refractivity contribution in [2.24, 2.45) is 0 Å². The van der Waals surface area contributed by atoms with E-state index in [1.807, 2.05) is 43.3 Å². The van der Waals surface area contributed by atoms with E-state index >= 15 is 0 Å². The van der Waals surface area contributed by atoms with Gasteiger partial charge in [-0.1, -0.05) is 24.3 Å². The summed E-state index contributed by atoms with van der Waals surface area (Å²) < 4.78 is 22.6. The summed E-state index contributed by atoms with van der Waals surface area (Å²) in [6.45, 7) is 4.39. The number of carbonyl (C=O) groups excluding carboxylic acids is 1. The summed E-state index contributed by atoms with van der Waals surface area (Å²) in [6, 6.07) is 17.1. The lowest BCUT2D eigenvalue weighted by molar-refractivity contribution is 0.101. The highest BCUT2D eigenvalue weighted by Gasteiger charge is 2.30. The molecule has 0 bridgehead atoms. The van der Waals surface area contributed by atoms with Crippen molar-refractivity contribution in [3.05, 3.63) is 88.2 Å². The number of allylic oxidation sites excluding steroid dienone is 1. The van der Waals surface area contributed by atoms with Crippen LogP contribution in [-0.2, 0) is 6.61 Å². The molecular weight excluding hydrogens is 392 g/mol. The Morgan fingerprint density at radius 3 is 2.45 bits per heavy atom. The maximum Gasteiger partial charge on any atom is 0.232 e. The van der Waals surface area contributed by atoms with Gasteiger partial charge in [0, 0.05) is 17.7 Å². The minimum atomic E-state index is -0.157. The largest absolute Gasteiger partial charge is 0.497 e. The lowest BCUT2D eigenvalue weighted by Gasteiger charge is -2.10. The monoisotopic (exact) mass is 416 g/mol. The quantitative estimate of drug-likeness (QED) is 0.496. The van der Waals surface area contributed by atoms with Crippen molar-refractivity contribution in [3.63, 3.8) is 0 Å². The van der Waals surface area contributed by atoms with Crippen molar-refractivity contribution < 1.29 is 23.7 Å². The fraction of sp³-hybridized carbons (Fsp3) is 0.192. The second kappa shape index (κ2) is 8.56. The molecule has 31 heavy (non-hydrogen) atoms. The van der Waals surface area contributed by atoms with Gasteiger partial charge in [0.25, 0.3) is 0 Å². The zero-order valence-corrected chi connectivity index (χ0v) is 18.0. The maximum absolute atomic E-state index is 13.0. The smallest absolute Gasteiger partial charge is 0.232 e. The normalized spacial score (nSPS) is 13.7. The first kappa shape index (κ1) is 20.5. The summed E-state index contributed by atoms with van der Waals surface area (Å²) in [7, 11) is 3.17. The molecule has 0 atom stereocenters. The average Bonchev–Trinajstić information content (AvgIpc) is 3.09. The first-order valence-electron chi connectivity index (χ1n) is 9.98. The SMILES string of the molecule is COc1ccc(/C=C2\Oc3cc(OCc4ccccc4C)cc(C)c3C2=O)c(OC)c1. The van der Waals surface area contributed by atoms with Crippen molar-refractivity contribution in [2.75, 3.05) is 14.2 Å². The molecule has 1 aliphatic rings. The molecule has 1 aliphatic heterocycles. The number of carbonyl (C=O) groups is 1. The highest BCUT2D eigenvalue weighted by atomic mass is 16.5. The molecule has 3 aromatic rings. The van der Waals surface area contributed by atoms with Crippen LogP contribution in [0.2, 0.25) is 0 Å². The van der Waals surface area contributed by atoms with Gasteiger partial charge in [0.1, 0.15) is 29.6 Å². The third-order valence-electron chi connectivity index (χ3n) is 5.33. The van der Waals surface area contributed by atoms with Crippen LogP contribution in [0.5, 0.6) is 23.0 Å². The second-order valence-corrected chi connectivity index (χ2v) is 7.38. The third-order valence-corrected chi connectivity index (χ3v) is 5.33. The molecule has 0 radical (unpaired) electrons. The lowest BCUT2D eigenvalue weighted by Crippen LogP contribution is -2.01. The van der Waals surface area contributed by atoms with Crippen LogP contribution in [0.25, 0.3) is 6.08 Å². The van der Waals surface area contributed by atoms with E-state index in [0.717, 1.165) is 16.7 Å². The number of ketones is 1. The number of hydrogen-bond donors (Lipinski definition) is 0. The van der Waals surface area contributed by atoms with Crippen molar-refractivity contribution in [3.8, 4) is 23.0 Å². The van der Waals surface area contributed by atoms with E-state index in [0.29, 0.717) is 35.2 Å². The van der Waals surface area contributed by atoms with Gasteiger partial charge < -0.3 is 18.9 Å². The van der Waals surface area contributed by atoms with E-state index in [1.54, 1.807) is 32.4 Å². The van der Waals surface area contributed by atoms with Crippen LogP contribution in [0.3, 0.4) is 0 Å². The molecule has 0 unspecified atom stereocenters. The molecule has 0 saturated carbocycles. The first-order chi connectivity index (χ1) is 15.0. The van der Waals surface area contributed by atoms with Gasteiger partial charge in [-0.3, -0.25) is 4.79 Å². The minimum absolute atomic E-state index is 0.157. The second-order valence-electron chi connectivity index (χ2n) is 7.38. The molecule has 0 fully saturated rings. The molecule has 4 rings (SSSR count). The Labute approximate surface area is 181 Å². The molecule has 0 aromatic heterocycles. The van der Waals surface area contributed by atoms with Gasteiger partial charge in [0.2, 0.25) is 5.78 Å². The van der Waals surface area contributed by atoms with Crippen LogP contribution in [-0.4, -0.2) is 20.0 Å². The topological polar surface area (TPSA) is 54.0 Å². The molecule has 0 spiro atoms. The van der Waals surface area contributed by atoms with Crippen LogP contribution >= 0.6 is 0 Å². The van der Waals surface area contributed by atoms with E-state index < -0.39 is 0 Å². The number of hydrogen-bond acceptors (Lipinski definition) is 5. The van der Waals surface area contributed by atoms with E-state index in [4.69, 9.17) is 18.9 Å². The Morgan fingerprint density at radius 1 is 0.903 bits per heavy atom. The number of ether oxygens (including phenoxy) is 4. The van der Waals surface area contributed by atoms with Crippen LogP contribution in [0.4, 0.5) is 0 Å². The minimum Gasteiger partial charge on any atom is -0.497 e. The van der Waals surface area contributed by atoms with Gasteiger partial charge in [-0.05, 0) is 54.8 Å².